The van der Waals surface area contributed by atoms with E-state index in [4.69, 9.17) is 4.74 Å². The van der Waals surface area contributed by atoms with E-state index < -0.39 is 0 Å². The highest BCUT2D eigenvalue weighted by Gasteiger charge is 2.35. The van der Waals surface area contributed by atoms with Crippen molar-refractivity contribution in [1.29, 1.82) is 0 Å². The average Bonchev–Trinajstić information content (AvgIpc) is 2.60. The maximum absolute atomic E-state index is 13.6. The molecule has 0 spiro atoms. The van der Waals surface area contributed by atoms with Gasteiger partial charge in [-0.15, -0.1) is 0 Å². The fraction of sp³-hybridized carbons (Fsp3) is 0.462. The number of carbonyl (C=O) groups is 1. The highest BCUT2D eigenvalue weighted by atomic mass is 19.1. The van der Waals surface area contributed by atoms with Crippen LogP contribution in [0.3, 0.4) is 0 Å². The summed E-state index contributed by atoms with van der Waals surface area (Å²) in [5, 5.41) is 0. The van der Waals surface area contributed by atoms with Crippen molar-refractivity contribution in [2.24, 2.45) is 0 Å². The van der Waals surface area contributed by atoms with Crippen LogP contribution in [0, 0.1) is 5.82 Å². The van der Waals surface area contributed by atoms with Crippen LogP contribution in [0.15, 0.2) is 18.2 Å². The Morgan fingerprint density at radius 3 is 2.69 bits per heavy atom. The SMILES string of the molecule is COc1ccc(C2(C)CCC(=O)C2)cc1F. The first-order chi connectivity index (χ1) is 7.55. The summed E-state index contributed by atoms with van der Waals surface area (Å²) < 4.78 is 18.4. The van der Waals surface area contributed by atoms with Gasteiger partial charge in [-0.25, -0.2) is 4.39 Å². The van der Waals surface area contributed by atoms with Gasteiger partial charge in [0.2, 0.25) is 0 Å². The summed E-state index contributed by atoms with van der Waals surface area (Å²) in [6.45, 7) is 2.01. The Labute approximate surface area is 94.4 Å². The predicted molar refractivity (Wildman–Crippen MR) is 59.2 cm³/mol. The van der Waals surface area contributed by atoms with Gasteiger partial charge in [-0.05, 0) is 29.5 Å². The number of ether oxygens (including phenoxy) is 1. The summed E-state index contributed by atoms with van der Waals surface area (Å²) in [7, 11) is 1.44. The number of rotatable bonds is 2. The fourth-order valence-corrected chi connectivity index (χ4v) is 2.32. The smallest absolute Gasteiger partial charge is 0.165 e. The molecule has 1 fully saturated rings. The van der Waals surface area contributed by atoms with E-state index >= 15 is 0 Å². The Bertz CT molecular complexity index is 428. The van der Waals surface area contributed by atoms with Gasteiger partial charge in [-0.1, -0.05) is 13.0 Å². The summed E-state index contributed by atoms with van der Waals surface area (Å²) in [5.41, 5.74) is 0.682. The second-order valence-corrected chi connectivity index (χ2v) is 4.63. The maximum atomic E-state index is 13.6. The van der Waals surface area contributed by atoms with Crippen molar-refractivity contribution in [1.82, 2.24) is 0 Å². The van der Waals surface area contributed by atoms with Gasteiger partial charge in [-0.3, -0.25) is 4.79 Å². The zero-order valence-electron chi connectivity index (χ0n) is 9.55. The van der Waals surface area contributed by atoms with Crippen LogP contribution in [0.1, 0.15) is 31.7 Å². The zero-order valence-corrected chi connectivity index (χ0v) is 9.55. The summed E-state index contributed by atoms with van der Waals surface area (Å²) >= 11 is 0. The minimum absolute atomic E-state index is 0.204. The third kappa shape index (κ3) is 1.82. The van der Waals surface area contributed by atoms with Crippen molar-refractivity contribution >= 4 is 5.78 Å². The van der Waals surface area contributed by atoms with Crippen molar-refractivity contribution in [3.8, 4) is 5.75 Å². The van der Waals surface area contributed by atoms with E-state index in [-0.39, 0.29) is 22.8 Å². The number of methoxy groups -OCH3 is 1. The van der Waals surface area contributed by atoms with Gasteiger partial charge >= 0.3 is 0 Å². The standard InChI is InChI=1S/C13H15FO2/c1-13(6-5-10(15)8-13)9-3-4-12(16-2)11(14)7-9/h3-4,7H,5-6,8H2,1-2H3. The lowest BCUT2D eigenvalue weighted by Crippen LogP contribution is -2.18. The second kappa shape index (κ2) is 3.89. The first-order valence-electron chi connectivity index (χ1n) is 5.41. The van der Waals surface area contributed by atoms with E-state index in [2.05, 4.69) is 0 Å². The predicted octanol–water partition coefficient (Wildman–Crippen LogP) is 2.85. The largest absolute Gasteiger partial charge is 0.494 e. The molecule has 1 saturated carbocycles. The molecule has 1 unspecified atom stereocenters. The number of hydrogen-bond donors (Lipinski definition) is 0. The quantitative estimate of drug-likeness (QED) is 0.769. The van der Waals surface area contributed by atoms with E-state index in [9.17, 15) is 9.18 Å². The maximum Gasteiger partial charge on any atom is 0.165 e. The molecule has 1 atom stereocenters. The van der Waals surface area contributed by atoms with Crippen LogP contribution < -0.4 is 4.74 Å². The van der Waals surface area contributed by atoms with Gasteiger partial charge in [0, 0.05) is 12.8 Å². The van der Waals surface area contributed by atoms with Crippen LogP contribution in [0.4, 0.5) is 4.39 Å². The molecule has 2 nitrogen and oxygen atoms in total. The molecule has 1 aliphatic rings. The number of Topliss-reactive ketones (excluding diaryl/α,β-unsaturated/α-hetero) is 1. The summed E-state index contributed by atoms with van der Waals surface area (Å²) in [6.07, 6.45) is 1.92. The molecule has 0 saturated heterocycles. The highest BCUT2D eigenvalue weighted by molar-refractivity contribution is 5.82. The Kier molecular flexibility index (Phi) is 2.70. The Morgan fingerprint density at radius 1 is 1.44 bits per heavy atom. The van der Waals surface area contributed by atoms with E-state index in [1.807, 2.05) is 13.0 Å². The normalized spacial score (nSPS) is 24.8. The van der Waals surface area contributed by atoms with Crippen molar-refractivity contribution in [3.63, 3.8) is 0 Å². The number of halogens is 1. The Balaban J connectivity index is 2.34. The van der Waals surface area contributed by atoms with E-state index in [1.165, 1.54) is 13.2 Å². The summed E-state index contributed by atoms with van der Waals surface area (Å²) in [6, 6.07) is 4.96. The molecule has 2 rings (SSSR count). The topological polar surface area (TPSA) is 26.3 Å². The Hall–Kier alpha value is -1.38. The molecule has 0 amide bonds. The third-order valence-electron chi connectivity index (χ3n) is 3.39. The van der Waals surface area contributed by atoms with Crippen LogP contribution in [0.25, 0.3) is 0 Å². The lowest BCUT2D eigenvalue weighted by atomic mass is 9.81. The monoisotopic (exact) mass is 222 g/mol. The summed E-state index contributed by atoms with van der Waals surface area (Å²) in [4.78, 5) is 11.3. The van der Waals surface area contributed by atoms with Gasteiger partial charge in [0.05, 0.1) is 7.11 Å². The lowest BCUT2D eigenvalue weighted by molar-refractivity contribution is -0.117. The summed E-state index contributed by atoms with van der Waals surface area (Å²) in [5.74, 6) is 0.149. The number of ketones is 1. The van der Waals surface area contributed by atoms with E-state index in [0.717, 1.165) is 12.0 Å². The molecule has 1 aliphatic carbocycles. The minimum Gasteiger partial charge on any atom is -0.494 e. The zero-order chi connectivity index (χ0) is 11.8. The molecule has 86 valence electrons. The third-order valence-corrected chi connectivity index (χ3v) is 3.39. The van der Waals surface area contributed by atoms with E-state index in [1.54, 1.807) is 6.07 Å². The molecule has 0 heterocycles. The molecular weight excluding hydrogens is 207 g/mol. The first kappa shape index (κ1) is 11.1. The van der Waals surface area contributed by atoms with Crippen molar-refractivity contribution in [2.75, 3.05) is 7.11 Å². The van der Waals surface area contributed by atoms with Gasteiger partial charge in [0.15, 0.2) is 11.6 Å². The van der Waals surface area contributed by atoms with Gasteiger partial charge < -0.3 is 4.74 Å². The van der Waals surface area contributed by atoms with Gasteiger partial charge in [0.25, 0.3) is 0 Å². The molecular formula is C13H15FO2. The number of benzene rings is 1. The molecule has 0 aromatic heterocycles. The lowest BCUT2D eigenvalue weighted by Gasteiger charge is -2.23. The molecule has 1 aromatic carbocycles. The van der Waals surface area contributed by atoms with Crippen LogP contribution >= 0.6 is 0 Å². The molecule has 0 aliphatic heterocycles. The van der Waals surface area contributed by atoms with Crippen molar-refractivity contribution < 1.29 is 13.9 Å². The molecule has 16 heavy (non-hydrogen) atoms. The van der Waals surface area contributed by atoms with Crippen LogP contribution in [-0.4, -0.2) is 12.9 Å². The van der Waals surface area contributed by atoms with Gasteiger partial charge in [-0.2, -0.15) is 0 Å². The number of hydrogen-bond acceptors (Lipinski definition) is 2. The molecule has 1 aromatic rings. The molecule has 0 bridgehead atoms. The fourth-order valence-electron chi connectivity index (χ4n) is 2.32. The van der Waals surface area contributed by atoms with Gasteiger partial charge in [0.1, 0.15) is 5.78 Å². The second-order valence-electron chi connectivity index (χ2n) is 4.63. The van der Waals surface area contributed by atoms with E-state index in [0.29, 0.717) is 12.8 Å². The first-order valence-corrected chi connectivity index (χ1v) is 5.41. The van der Waals surface area contributed by atoms with Crippen molar-refractivity contribution in [3.05, 3.63) is 29.6 Å². The average molecular weight is 222 g/mol. The Morgan fingerprint density at radius 2 is 2.19 bits per heavy atom. The van der Waals surface area contributed by atoms with Crippen LogP contribution in [0.5, 0.6) is 5.75 Å². The van der Waals surface area contributed by atoms with Crippen molar-refractivity contribution in [2.45, 2.75) is 31.6 Å². The minimum atomic E-state index is -0.361. The highest BCUT2D eigenvalue weighted by Crippen LogP contribution is 2.39. The molecule has 0 N–H and O–H groups in total. The molecule has 3 heteroatoms. The number of carbonyl (C=O) groups excluding carboxylic acids is 1. The molecule has 0 radical (unpaired) electrons. The van der Waals surface area contributed by atoms with Crippen LogP contribution in [0.2, 0.25) is 0 Å². The van der Waals surface area contributed by atoms with Crippen LogP contribution in [-0.2, 0) is 10.2 Å².